The Morgan fingerprint density at radius 1 is 1.33 bits per heavy atom. The van der Waals surface area contributed by atoms with Crippen LogP contribution in [0.25, 0.3) is 0 Å². The highest BCUT2D eigenvalue weighted by atomic mass is 16.5. The van der Waals surface area contributed by atoms with Crippen molar-refractivity contribution in [1.29, 1.82) is 0 Å². The van der Waals surface area contributed by atoms with Gasteiger partial charge in [-0.25, -0.2) is 4.68 Å². The standard InChI is InChI=1S/C18H34N4O2/c1-8-10-19-16(23)17(4,5)9-11-24-18(6,7)12-15-13-22(14(2)3)21-20-15/h13-14H,8-12H2,1-7H3,(H,19,23). The van der Waals surface area contributed by atoms with Crippen molar-refractivity contribution in [3.05, 3.63) is 11.9 Å². The predicted octanol–water partition coefficient (Wildman–Crippen LogP) is 3.14. The van der Waals surface area contributed by atoms with Gasteiger partial charge in [0.15, 0.2) is 0 Å². The van der Waals surface area contributed by atoms with E-state index in [1.807, 2.05) is 45.5 Å². The minimum atomic E-state index is -0.425. The zero-order valence-corrected chi connectivity index (χ0v) is 16.3. The average Bonchev–Trinajstić information content (AvgIpc) is 2.92. The van der Waals surface area contributed by atoms with Gasteiger partial charge < -0.3 is 10.1 Å². The molecule has 0 aliphatic rings. The zero-order valence-electron chi connectivity index (χ0n) is 16.3. The van der Waals surface area contributed by atoms with Crippen LogP contribution in [0.1, 0.15) is 73.0 Å². The normalized spacial score (nSPS) is 12.7. The SMILES string of the molecule is CCCNC(=O)C(C)(C)CCOC(C)(C)Cc1cn(C(C)C)nn1. The molecule has 1 heterocycles. The first-order valence-corrected chi connectivity index (χ1v) is 8.90. The molecular formula is C18H34N4O2. The van der Waals surface area contributed by atoms with Crippen molar-refractivity contribution in [2.75, 3.05) is 13.2 Å². The maximum absolute atomic E-state index is 12.1. The van der Waals surface area contributed by atoms with Crippen molar-refractivity contribution >= 4 is 5.91 Å². The van der Waals surface area contributed by atoms with Gasteiger partial charge in [-0.1, -0.05) is 26.0 Å². The van der Waals surface area contributed by atoms with Gasteiger partial charge in [-0.2, -0.15) is 0 Å². The Kier molecular flexibility index (Phi) is 7.39. The minimum Gasteiger partial charge on any atom is -0.375 e. The molecule has 0 aromatic carbocycles. The van der Waals surface area contributed by atoms with Crippen LogP contribution in [0.5, 0.6) is 0 Å². The first-order chi connectivity index (χ1) is 11.1. The van der Waals surface area contributed by atoms with E-state index in [1.165, 1.54) is 0 Å². The van der Waals surface area contributed by atoms with Crippen LogP contribution in [0.4, 0.5) is 0 Å². The maximum atomic E-state index is 12.1. The molecule has 6 heteroatoms. The molecule has 1 N–H and O–H groups in total. The van der Waals surface area contributed by atoms with Gasteiger partial charge in [0.1, 0.15) is 0 Å². The fourth-order valence-corrected chi connectivity index (χ4v) is 2.31. The highest BCUT2D eigenvalue weighted by molar-refractivity contribution is 5.81. The molecule has 0 fully saturated rings. The Bertz CT molecular complexity index is 521. The van der Waals surface area contributed by atoms with Crippen molar-refractivity contribution in [3.63, 3.8) is 0 Å². The molecule has 0 atom stereocenters. The first kappa shape index (κ1) is 20.6. The van der Waals surface area contributed by atoms with Crippen LogP contribution in [0.2, 0.25) is 0 Å². The molecule has 24 heavy (non-hydrogen) atoms. The Morgan fingerprint density at radius 2 is 2.00 bits per heavy atom. The first-order valence-electron chi connectivity index (χ1n) is 8.90. The van der Waals surface area contributed by atoms with Crippen molar-refractivity contribution in [2.24, 2.45) is 5.41 Å². The van der Waals surface area contributed by atoms with Crippen LogP contribution >= 0.6 is 0 Å². The molecule has 0 aliphatic heterocycles. The lowest BCUT2D eigenvalue weighted by Gasteiger charge is -2.28. The maximum Gasteiger partial charge on any atom is 0.225 e. The molecule has 0 aliphatic carbocycles. The van der Waals surface area contributed by atoms with Crippen LogP contribution < -0.4 is 5.32 Å². The van der Waals surface area contributed by atoms with Crippen molar-refractivity contribution in [3.8, 4) is 0 Å². The molecular weight excluding hydrogens is 304 g/mol. The Morgan fingerprint density at radius 3 is 2.54 bits per heavy atom. The summed E-state index contributed by atoms with van der Waals surface area (Å²) in [7, 11) is 0. The topological polar surface area (TPSA) is 69.0 Å². The molecule has 1 amide bonds. The second-order valence-corrected chi connectivity index (χ2v) is 7.96. The highest BCUT2D eigenvalue weighted by Gasteiger charge is 2.29. The van der Waals surface area contributed by atoms with E-state index in [4.69, 9.17) is 4.74 Å². The van der Waals surface area contributed by atoms with Gasteiger partial charge in [-0.05, 0) is 40.5 Å². The van der Waals surface area contributed by atoms with E-state index in [2.05, 4.69) is 29.5 Å². The van der Waals surface area contributed by atoms with Gasteiger partial charge in [0.2, 0.25) is 5.91 Å². The van der Waals surface area contributed by atoms with Gasteiger partial charge in [0, 0.05) is 37.2 Å². The molecule has 1 rings (SSSR count). The molecule has 1 aromatic heterocycles. The fourth-order valence-electron chi connectivity index (χ4n) is 2.31. The number of carbonyl (C=O) groups is 1. The van der Waals surface area contributed by atoms with Crippen molar-refractivity contribution in [2.45, 2.75) is 79.4 Å². The lowest BCUT2D eigenvalue weighted by molar-refractivity contribution is -0.131. The number of ether oxygens (including phenoxy) is 1. The molecule has 6 nitrogen and oxygen atoms in total. The van der Waals surface area contributed by atoms with Gasteiger partial charge in [-0.15, -0.1) is 5.10 Å². The second-order valence-electron chi connectivity index (χ2n) is 7.96. The van der Waals surface area contributed by atoms with Crippen LogP contribution in [0.3, 0.4) is 0 Å². The summed E-state index contributed by atoms with van der Waals surface area (Å²) in [4.78, 5) is 12.1. The molecule has 0 radical (unpaired) electrons. The molecule has 138 valence electrons. The molecule has 0 unspecified atom stereocenters. The Labute approximate surface area is 146 Å². The number of carbonyl (C=O) groups excluding carboxylic acids is 1. The lowest BCUT2D eigenvalue weighted by Crippen LogP contribution is -2.39. The lowest BCUT2D eigenvalue weighted by atomic mass is 9.88. The number of amides is 1. The van der Waals surface area contributed by atoms with Gasteiger partial charge in [0.05, 0.1) is 11.3 Å². The van der Waals surface area contributed by atoms with E-state index in [9.17, 15) is 4.79 Å². The van der Waals surface area contributed by atoms with Crippen LogP contribution in [-0.4, -0.2) is 39.7 Å². The number of nitrogens with zero attached hydrogens (tertiary/aromatic N) is 3. The minimum absolute atomic E-state index is 0.0885. The number of hydrogen-bond donors (Lipinski definition) is 1. The number of rotatable bonds is 10. The van der Waals surface area contributed by atoms with Crippen LogP contribution in [-0.2, 0) is 16.0 Å². The summed E-state index contributed by atoms with van der Waals surface area (Å²) in [5.74, 6) is 0.0885. The summed E-state index contributed by atoms with van der Waals surface area (Å²) in [5.41, 5.74) is 0.161. The summed E-state index contributed by atoms with van der Waals surface area (Å²) >= 11 is 0. The third kappa shape index (κ3) is 6.59. The Balaban J connectivity index is 2.47. The van der Waals surface area contributed by atoms with Crippen LogP contribution in [0.15, 0.2) is 6.20 Å². The van der Waals surface area contributed by atoms with Gasteiger partial charge in [-0.3, -0.25) is 4.79 Å². The molecule has 0 bridgehead atoms. The summed E-state index contributed by atoms with van der Waals surface area (Å²) < 4.78 is 7.89. The van der Waals surface area contributed by atoms with E-state index in [1.54, 1.807) is 0 Å². The van der Waals surface area contributed by atoms with E-state index >= 15 is 0 Å². The summed E-state index contributed by atoms with van der Waals surface area (Å²) in [6.07, 6.45) is 4.30. The Hall–Kier alpha value is -1.43. The van der Waals surface area contributed by atoms with Crippen molar-refractivity contribution in [1.82, 2.24) is 20.3 Å². The third-order valence-corrected chi connectivity index (χ3v) is 4.06. The number of hydrogen-bond acceptors (Lipinski definition) is 4. The highest BCUT2D eigenvalue weighted by Crippen LogP contribution is 2.23. The van der Waals surface area contributed by atoms with Crippen molar-refractivity contribution < 1.29 is 9.53 Å². The third-order valence-electron chi connectivity index (χ3n) is 4.06. The van der Waals surface area contributed by atoms with E-state index in [0.29, 0.717) is 25.5 Å². The second kappa shape index (κ2) is 8.60. The quantitative estimate of drug-likeness (QED) is 0.711. The average molecular weight is 338 g/mol. The number of aromatic nitrogens is 3. The summed E-state index contributed by atoms with van der Waals surface area (Å²) in [6.45, 7) is 15.5. The predicted molar refractivity (Wildman–Crippen MR) is 95.8 cm³/mol. The largest absolute Gasteiger partial charge is 0.375 e. The zero-order chi connectivity index (χ0) is 18.4. The van der Waals surface area contributed by atoms with E-state index in [0.717, 1.165) is 18.7 Å². The van der Waals surface area contributed by atoms with E-state index in [-0.39, 0.29) is 11.5 Å². The number of nitrogens with one attached hydrogen (secondary N) is 1. The van der Waals surface area contributed by atoms with Crippen LogP contribution in [0, 0.1) is 5.41 Å². The monoisotopic (exact) mass is 338 g/mol. The van der Waals surface area contributed by atoms with E-state index < -0.39 is 5.41 Å². The molecule has 1 aromatic rings. The fraction of sp³-hybridized carbons (Fsp3) is 0.833. The smallest absolute Gasteiger partial charge is 0.225 e. The van der Waals surface area contributed by atoms with Gasteiger partial charge in [0.25, 0.3) is 0 Å². The molecule has 0 saturated carbocycles. The summed E-state index contributed by atoms with van der Waals surface area (Å²) in [5, 5.41) is 11.3. The summed E-state index contributed by atoms with van der Waals surface area (Å²) in [6, 6.07) is 0.303. The molecule has 0 spiro atoms. The molecule has 0 saturated heterocycles. The van der Waals surface area contributed by atoms with Gasteiger partial charge >= 0.3 is 0 Å².